The van der Waals surface area contributed by atoms with Crippen LogP contribution in [0.2, 0.25) is 0 Å². The van der Waals surface area contributed by atoms with Crippen LogP contribution in [0.1, 0.15) is 36.7 Å². The molecule has 0 saturated heterocycles. The van der Waals surface area contributed by atoms with E-state index < -0.39 is 0 Å². The Morgan fingerprint density at radius 2 is 2.24 bits per heavy atom. The molecule has 17 heavy (non-hydrogen) atoms. The van der Waals surface area contributed by atoms with Crippen LogP contribution in [0.3, 0.4) is 0 Å². The molecule has 3 rings (SSSR count). The number of benzene rings is 1. The molecule has 90 valence electrons. The van der Waals surface area contributed by atoms with Gasteiger partial charge >= 0.3 is 0 Å². The summed E-state index contributed by atoms with van der Waals surface area (Å²) >= 11 is 5.93. The largest absolute Gasteiger partial charge is 0.324 e. The van der Waals surface area contributed by atoms with Crippen molar-refractivity contribution >= 4 is 22.6 Å². The highest BCUT2D eigenvalue weighted by Crippen LogP contribution is 2.36. The smallest absolute Gasteiger partial charge is 0.128 e. The Kier molecular flexibility index (Phi) is 2.58. The van der Waals surface area contributed by atoms with Crippen LogP contribution in [0.25, 0.3) is 11.0 Å². The van der Waals surface area contributed by atoms with E-state index in [2.05, 4.69) is 9.55 Å². The third-order valence-corrected chi connectivity index (χ3v) is 3.84. The van der Waals surface area contributed by atoms with Gasteiger partial charge in [-0.3, -0.25) is 0 Å². The van der Waals surface area contributed by atoms with Crippen LogP contribution < -0.4 is 0 Å². The molecule has 0 aliphatic heterocycles. The first-order valence-corrected chi connectivity index (χ1v) is 6.47. The van der Waals surface area contributed by atoms with Gasteiger partial charge in [0.1, 0.15) is 11.6 Å². The molecule has 0 amide bonds. The lowest BCUT2D eigenvalue weighted by Crippen LogP contribution is -2.18. The fourth-order valence-electron chi connectivity index (χ4n) is 2.42. The Bertz CT molecular complexity index is 572. The van der Waals surface area contributed by atoms with Gasteiger partial charge in [-0.2, -0.15) is 0 Å². The number of alkyl halides is 1. The van der Waals surface area contributed by atoms with Crippen LogP contribution in [0.15, 0.2) is 12.1 Å². The van der Waals surface area contributed by atoms with Crippen molar-refractivity contribution in [3.05, 3.63) is 29.3 Å². The van der Waals surface area contributed by atoms with Crippen LogP contribution >= 0.6 is 11.6 Å². The van der Waals surface area contributed by atoms with Gasteiger partial charge in [0.05, 0.1) is 16.9 Å². The number of fused-ring (bicyclic) bond motifs is 1. The predicted octanol–water partition coefficient (Wildman–Crippen LogP) is 3.95. The molecule has 0 spiro atoms. The SMILES string of the molecule is Cc1cc2c(cc1F)nc(CCl)n2C1CCC1. The van der Waals surface area contributed by atoms with Gasteiger partial charge < -0.3 is 4.57 Å². The van der Waals surface area contributed by atoms with Crippen molar-refractivity contribution in [1.29, 1.82) is 0 Å². The zero-order valence-electron chi connectivity index (χ0n) is 9.71. The average Bonchev–Trinajstić information content (AvgIpc) is 2.56. The van der Waals surface area contributed by atoms with Crippen molar-refractivity contribution in [2.75, 3.05) is 0 Å². The van der Waals surface area contributed by atoms with Gasteiger partial charge in [0.2, 0.25) is 0 Å². The second-order valence-electron chi connectivity index (χ2n) is 4.71. The molecule has 1 saturated carbocycles. The minimum Gasteiger partial charge on any atom is -0.324 e. The minimum atomic E-state index is -0.197. The van der Waals surface area contributed by atoms with Crippen LogP contribution in [0.5, 0.6) is 0 Å². The Labute approximate surface area is 104 Å². The second kappa shape index (κ2) is 3.98. The Balaban J connectivity index is 2.25. The summed E-state index contributed by atoms with van der Waals surface area (Å²) in [6, 6.07) is 3.89. The van der Waals surface area contributed by atoms with Gasteiger partial charge in [-0.1, -0.05) is 0 Å². The Hall–Kier alpha value is -1.09. The van der Waals surface area contributed by atoms with E-state index in [1.165, 1.54) is 25.3 Å². The van der Waals surface area contributed by atoms with Gasteiger partial charge in [0.25, 0.3) is 0 Å². The summed E-state index contributed by atoms with van der Waals surface area (Å²) in [6.45, 7) is 1.78. The fourth-order valence-corrected chi connectivity index (χ4v) is 2.61. The van der Waals surface area contributed by atoms with E-state index in [1.807, 2.05) is 6.07 Å². The maximum atomic E-state index is 13.5. The van der Waals surface area contributed by atoms with E-state index in [9.17, 15) is 4.39 Å². The van der Waals surface area contributed by atoms with Crippen LogP contribution in [0.4, 0.5) is 4.39 Å². The number of nitrogens with zero attached hydrogens (tertiary/aromatic N) is 2. The summed E-state index contributed by atoms with van der Waals surface area (Å²) in [6.07, 6.45) is 3.60. The van der Waals surface area contributed by atoms with E-state index in [0.29, 0.717) is 17.5 Å². The molecule has 1 aromatic carbocycles. The molecule has 1 fully saturated rings. The average molecular weight is 253 g/mol. The third-order valence-electron chi connectivity index (χ3n) is 3.60. The molecule has 0 atom stereocenters. The first-order chi connectivity index (χ1) is 8.20. The van der Waals surface area contributed by atoms with Crippen molar-refractivity contribution in [2.45, 2.75) is 38.1 Å². The lowest BCUT2D eigenvalue weighted by molar-refractivity contribution is 0.315. The first kappa shape index (κ1) is 11.0. The third kappa shape index (κ3) is 1.64. The van der Waals surface area contributed by atoms with Gasteiger partial charge in [-0.25, -0.2) is 9.37 Å². The summed E-state index contributed by atoms with van der Waals surface area (Å²) in [5.74, 6) is 1.04. The number of hydrogen-bond donors (Lipinski definition) is 0. The van der Waals surface area contributed by atoms with Gasteiger partial charge in [0, 0.05) is 12.1 Å². The topological polar surface area (TPSA) is 17.8 Å². The fraction of sp³-hybridized carbons (Fsp3) is 0.462. The summed E-state index contributed by atoms with van der Waals surface area (Å²) in [5, 5.41) is 0. The summed E-state index contributed by atoms with van der Waals surface area (Å²) in [5.41, 5.74) is 2.40. The molecular weight excluding hydrogens is 239 g/mol. The molecule has 0 radical (unpaired) electrons. The van der Waals surface area contributed by atoms with Crippen molar-refractivity contribution < 1.29 is 4.39 Å². The van der Waals surface area contributed by atoms with Gasteiger partial charge in [-0.15, -0.1) is 11.6 Å². The number of hydrogen-bond acceptors (Lipinski definition) is 1. The van der Waals surface area contributed by atoms with E-state index in [1.54, 1.807) is 6.92 Å². The number of rotatable bonds is 2. The van der Waals surface area contributed by atoms with E-state index in [0.717, 1.165) is 16.9 Å². The van der Waals surface area contributed by atoms with Crippen molar-refractivity contribution in [3.8, 4) is 0 Å². The standard InChI is InChI=1S/C13H14ClFN2/c1-8-5-12-11(6-10(8)15)16-13(7-14)17(12)9-3-2-4-9/h5-6,9H,2-4,7H2,1H3. The lowest BCUT2D eigenvalue weighted by atomic mass is 9.92. The Morgan fingerprint density at radius 3 is 2.82 bits per heavy atom. The summed E-state index contributed by atoms with van der Waals surface area (Å²) in [7, 11) is 0. The maximum Gasteiger partial charge on any atom is 0.128 e. The van der Waals surface area contributed by atoms with Crippen molar-refractivity contribution in [3.63, 3.8) is 0 Å². The van der Waals surface area contributed by atoms with Crippen molar-refractivity contribution in [2.24, 2.45) is 0 Å². The highest BCUT2D eigenvalue weighted by molar-refractivity contribution is 6.16. The molecule has 1 aromatic heterocycles. The normalized spacial score (nSPS) is 16.4. The summed E-state index contributed by atoms with van der Waals surface area (Å²) < 4.78 is 15.7. The van der Waals surface area contributed by atoms with Crippen LogP contribution in [-0.4, -0.2) is 9.55 Å². The Morgan fingerprint density at radius 1 is 1.47 bits per heavy atom. The molecule has 1 heterocycles. The second-order valence-corrected chi connectivity index (χ2v) is 4.97. The predicted molar refractivity (Wildman–Crippen MR) is 66.9 cm³/mol. The quantitative estimate of drug-likeness (QED) is 0.740. The molecule has 2 nitrogen and oxygen atoms in total. The first-order valence-electron chi connectivity index (χ1n) is 5.93. The van der Waals surface area contributed by atoms with E-state index in [4.69, 9.17) is 11.6 Å². The number of halogens is 2. The molecule has 1 aliphatic carbocycles. The molecule has 1 aliphatic rings. The number of aryl methyl sites for hydroxylation is 1. The summed E-state index contributed by atoms with van der Waals surface area (Å²) in [4.78, 5) is 4.43. The van der Waals surface area contributed by atoms with Gasteiger partial charge in [-0.05, 0) is 37.8 Å². The van der Waals surface area contributed by atoms with Crippen molar-refractivity contribution in [1.82, 2.24) is 9.55 Å². The lowest BCUT2D eigenvalue weighted by Gasteiger charge is -2.29. The van der Waals surface area contributed by atoms with E-state index >= 15 is 0 Å². The van der Waals surface area contributed by atoms with E-state index in [-0.39, 0.29) is 5.82 Å². The molecule has 0 N–H and O–H groups in total. The number of aromatic nitrogens is 2. The minimum absolute atomic E-state index is 0.197. The molecular formula is C13H14ClFN2. The molecule has 2 aromatic rings. The van der Waals surface area contributed by atoms with Crippen LogP contribution in [0, 0.1) is 12.7 Å². The zero-order chi connectivity index (χ0) is 12.0. The highest BCUT2D eigenvalue weighted by atomic mass is 35.5. The zero-order valence-corrected chi connectivity index (χ0v) is 10.5. The number of imidazole rings is 1. The monoisotopic (exact) mass is 252 g/mol. The molecule has 0 bridgehead atoms. The molecule has 4 heteroatoms. The highest BCUT2D eigenvalue weighted by Gasteiger charge is 2.24. The maximum absolute atomic E-state index is 13.5. The molecule has 0 unspecified atom stereocenters. The van der Waals surface area contributed by atoms with Crippen LogP contribution in [-0.2, 0) is 5.88 Å². The van der Waals surface area contributed by atoms with Gasteiger partial charge in [0.15, 0.2) is 0 Å².